The zero-order chi connectivity index (χ0) is 18.2. The molecule has 26 heavy (non-hydrogen) atoms. The average Bonchev–Trinajstić information content (AvgIpc) is 3.16. The summed E-state index contributed by atoms with van der Waals surface area (Å²) in [6.07, 6.45) is 0. The molecule has 0 bridgehead atoms. The molecule has 0 saturated carbocycles. The van der Waals surface area contributed by atoms with E-state index < -0.39 is 0 Å². The third kappa shape index (κ3) is 5.00. The van der Waals surface area contributed by atoms with Crippen LogP contribution in [0.15, 0.2) is 40.8 Å². The highest BCUT2D eigenvalue weighted by Gasteiger charge is 2.14. The molecule has 0 aliphatic carbocycles. The Labute approximate surface area is 152 Å². The number of nitrogens with zero attached hydrogens (tertiary/aromatic N) is 1. The normalized spacial score (nSPS) is 14.8. The third-order valence-corrected chi connectivity index (χ3v) is 4.14. The van der Waals surface area contributed by atoms with Crippen molar-refractivity contribution in [3.8, 4) is 11.5 Å². The monoisotopic (exact) mass is 360 g/mol. The minimum Gasteiger partial charge on any atom is -0.493 e. The van der Waals surface area contributed by atoms with E-state index in [-0.39, 0.29) is 18.3 Å². The van der Waals surface area contributed by atoms with Gasteiger partial charge in [-0.3, -0.25) is 9.69 Å². The average molecular weight is 360 g/mol. The Kier molecular flexibility index (Phi) is 6.51. The number of amides is 1. The van der Waals surface area contributed by atoms with E-state index in [2.05, 4.69) is 10.2 Å². The number of nitrogens with one attached hydrogen (secondary N) is 1. The number of benzene rings is 1. The summed E-state index contributed by atoms with van der Waals surface area (Å²) in [6.45, 7) is 4.92. The molecule has 1 aromatic carbocycles. The fraction of sp³-hybridized carbons (Fsp3) is 0.421. The first-order valence-corrected chi connectivity index (χ1v) is 8.69. The van der Waals surface area contributed by atoms with Gasteiger partial charge in [0.25, 0.3) is 5.91 Å². The van der Waals surface area contributed by atoms with Crippen LogP contribution in [0.4, 0.5) is 0 Å². The first kappa shape index (κ1) is 18.3. The van der Waals surface area contributed by atoms with Crippen molar-refractivity contribution in [2.45, 2.75) is 6.61 Å². The van der Waals surface area contributed by atoms with E-state index in [1.165, 1.54) is 0 Å². The van der Waals surface area contributed by atoms with Crippen LogP contribution in [-0.2, 0) is 11.3 Å². The van der Waals surface area contributed by atoms with Gasteiger partial charge in [0, 0.05) is 26.2 Å². The molecule has 1 aliphatic heterocycles. The van der Waals surface area contributed by atoms with Crippen LogP contribution in [0.5, 0.6) is 11.5 Å². The Bertz CT molecular complexity index is 709. The topological polar surface area (TPSA) is 73.2 Å². The lowest BCUT2D eigenvalue weighted by molar-refractivity contribution is 0.0382. The minimum atomic E-state index is -0.221. The molecule has 1 N–H and O–H groups in total. The lowest BCUT2D eigenvalue weighted by atomic mass is 10.3. The van der Waals surface area contributed by atoms with E-state index in [1.54, 1.807) is 19.2 Å². The molecule has 1 aromatic heterocycles. The largest absolute Gasteiger partial charge is 0.493 e. The summed E-state index contributed by atoms with van der Waals surface area (Å²) in [5.74, 6) is 1.92. The predicted molar refractivity (Wildman–Crippen MR) is 95.6 cm³/mol. The van der Waals surface area contributed by atoms with E-state index in [9.17, 15) is 4.79 Å². The van der Waals surface area contributed by atoms with Crippen LogP contribution in [0.3, 0.4) is 0 Å². The maximum Gasteiger partial charge on any atom is 0.287 e. The van der Waals surface area contributed by atoms with Crippen LogP contribution in [-0.4, -0.2) is 57.3 Å². The summed E-state index contributed by atoms with van der Waals surface area (Å²) in [5.41, 5.74) is 0. The highest BCUT2D eigenvalue weighted by Crippen LogP contribution is 2.26. The van der Waals surface area contributed by atoms with Crippen molar-refractivity contribution < 1.29 is 23.4 Å². The Hall–Kier alpha value is -2.51. The molecule has 0 unspecified atom stereocenters. The summed E-state index contributed by atoms with van der Waals surface area (Å²) in [7, 11) is 1.59. The number of methoxy groups -OCH3 is 1. The third-order valence-electron chi connectivity index (χ3n) is 4.14. The zero-order valence-electron chi connectivity index (χ0n) is 14.9. The minimum absolute atomic E-state index is 0.221. The van der Waals surface area contributed by atoms with Gasteiger partial charge in [0.1, 0.15) is 12.4 Å². The SMILES string of the molecule is COc1ccccc1OCc1ccc(C(=O)NCCN2CCOCC2)o1. The van der Waals surface area contributed by atoms with Gasteiger partial charge >= 0.3 is 0 Å². The highest BCUT2D eigenvalue weighted by molar-refractivity contribution is 5.91. The molecule has 0 radical (unpaired) electrons. The molecular weight excluding hydrogens is 336 g/mol. The van der Waals surface area contributed by atoms with Crippen molar-refractivity contribution in [1.29, 1.82) is 0 Å². The second-order valence-corrected chi connectivity index (χ2v) is 5.92. The summed E-state index contributed by atoms with van der Waals surface area (Å²) in [6, 6.07) is 10.8. The first-order valence-electron chi connectivity index (χ1n) is 8.69. The van der Waals surface area contributed by atoms with Crippen LogP contribution < -0.4 is 14.8 Å². The maximum absolute atomic E-state index is 12.2. The zero-order valence-corrected chi connectivity index (χ0v) is 14.9. The molecule has 2 aromatic rings. The second kappa shape index (κ2) is 9.26. The Morgan fingerprint density at radius 3 is 2.69 bits per heavy atom. The molecule has 1 amide bonds. The number of ether oxygens (including phenoxy) is 3. The van der Waals surface area contributed by atoms with Crippen LogP contribution in [0.25, 0.3) is 0 Å². The fourth-order valence-electron chi connectivity index (χ4n) is 2.70. The molecule has 7 nitrogen and oxygen atoms in total. The van der Waals surface area contributed by atoms with Crippen LogP contribution >= 0.6 is 0 Å². The molecule has 140 valence electrons. The maximum atomic E-state index is 12.2. The molecule has 1 fully saturated rings. The Morgan fingerprint density at radius 1 is 1.15 bits per heavy atom. The van der Waals surface area contributed by atoms with Crippen molar-refractivity contribution in [3.05, 3.63) is 47.9 Å². The number of para-hydroxylation sites is 2. The number of hydrogen-bond donors (Lipinski definition) is 1. The van der Waals surface area contributed by atoms with Crippen LogP contribution in [0.1, 0.15) is 16.3 Å². The molecule has 0 atom stereocenters. The molecule has 3 rings (SSSR count). The van der Waals surface area contributed by atoms with E-state index in [4.69, 9.17) is 18.6 Å². The van der Waals surface area contributed by atoms with Gasteiger partial charge in [-0.25, -0.2) is 0 Å². The van der Waals surface area contributed by atoms with Gasteiger partial charge in [-0.2, -0.15) is 0 Å². The summed E-state index contributed by atoms with van der Waals surface area (Å²) in [5, 5.41) is 2.88. The first-order chi connectivity index (χ1) is 12.8. The van der Waals surface area contributed by atoms with E-state index in [0.717, 1.165) is 32.8 Å². The second-order valence-electron chi connectivity index (χ2n) is 5.92. The fourth-order valence-corrected chi connectivity index (χ4v) is 2.70. The summed E-state index contributed by atoms with van der Waals surface area (Å²) in [4.78, 5) is 14.4. The number of morpholine rings is 1. The van der Waals surface area contributed by atoms with Gasteiger partial charge in [-0.1, -0.05) is 12.1 Å². The Morgan fingerprint density at radius 2 is 1.92 bits per heavy atom. The number of furan rings is 1. The van der Waals surface area contributed by atoms with Crippen molar-refractivity contribution in [2.24, 2.45) is 0 Å². The van der Waals surface area contributed by atoms with Crippen molar-refractivity contribution >= 4 is 5.91 Å². The lowest BCUT2D eigenvalue weighted by Crippen LogP contribution is -2.41. The van der Waals surface area contributed by atoms with Crippen molar-refractivity contribution in [2.75, 3.05) is 46.5 Å². The number of carbonyl (C=O) groups is 1. The van der Waals surface area contributed by atoms with Crippen LogP contribution in [0, 0.1) is 0 Å². The summed E-state index contributed by atoms with van der Waals surface area (Å²) >= 11 is 0. The molecule has 2 heterocycles. The Balaban J connectivity index is 1.45. The van der Waals surface area contributed by atoms with E-state index in [0.29, 0.717) is 23.8 Å². The summed E-state index contributed by atoms with van der Waals surface area (Å²) < 4.78 is 21.8. The molecule has 1 aliphatic rings. The molecular formula is C19H24N2O5. The van der Waals surface area contributed by atoms with E-state index in [1.807, 2.05) is 24.3 Å². The van der Waals surface area contributed by atoms with Gasteiger partial charge in [0.15, 0.2) is 17.3 Å². The van der Waals surface area contributed by atoms with Gasteiger partial charge in [-0.05, 0) is 24.3 Å². The number of carbonyl (C=O) groups excluding carboxylic acids is 1. The molecule has 1 saturated heterocycles. The highest BCUT2D eigenvalue weighted by atomic mass is 16.5. The van der Waals surface area contributed by atoms with E-state index >= 15 is 0 Å². The molecule has 7 heteroatoms. The predicted octanol–water partition coefficient (Wildman–Crippen LogP) is 1.93. The quantitative estimate of drug-likeness (QED) is 0.775. The van der Waals surface area contributed by atoms with Gasteiger partial charge in [-0.15, -0.1) is 0 Å². The molecule has 0 spiro atoms. The lowest BCUT2D eigenvalue weighted by Gasteiger charge is -2.26. The number of rotatable bonds is 8. The van der Waals surface area contributed by atoms with Crippen molar-refractivity contribution in [1.82, 2.24) is 10.2 Å². The van der Waals surface area contributed by atoms with Gasteiger partial charge in [0.2, 0.25) is 0 Å². The smallest absolute Gasteiger partial charge is 0.287 e. The number of hydrogen-bond acceptors (Lipinski definition) is 6. The van der Waals surface area contributed by atoms with Crippen molar-refractivity contribution in [3.63, 3.8) is 0 Å². The van der Waals surface area contributed by atoms with Gasteiger partial charge < -0.3 is 23.9 Å². The standard InChI is InChI=1S/C19H24N2O5/c1-23-16-4-2-3-5-17(16)25-14-15-6-7-18(26-15)19(22)20-8-9-21-10-12-24-13-11-21/h2-7H,8-14H2,1H3,(H,20,22). The van der Waals surface area contributed by atoms with Crippen LogP contribution in [0.2, 0.25) is 0 Å². The van der Waals surface area contributed by atoms with Gasteiger partial charge in [0.05, 0.1) is 20.3 Å².